The van der Waals surface area contributed by atoms with Crippen LogP contribution in [0.2, 0.25) is 5.02 Å². The highest BCUT2D eigenvalue weighted by Crippen LogP contribution is 2.19. The molecule has 0 spiro atoms. The lowest BCUT2D eigenvalue weighted by molar-refractivity contribution is -0.133. The van der Waals surface area contributed by atoms with Crippen molar-refractivity contribution in [2.45, 2.75) is 19.9 Å². The normalized spacial score (nSPS) is 14.8. The van der Waals surface area contributed by atoms with Crippen LogP contribution >= 0.6 is 11.6 Å². The molecule has 25 heavy (non-hydrogen) atoms. The third-order valence-electron chi connectivity index (χ3n) is 4.30. The van der Waals surface area contributed by atoms with E-state index in [0.29, 0.717) is 50.8 Å². The van der Waals surface area contributed by atoms with Crippen LogP contribution in [0, 0.1) is 0 Å². The molecule has 1 fully saturated rings. The molecule has 0 aliphatic carbocycles. The summed E-state index contributed by atoms with van der Waals surface area (Å²) in [4.78, 5) is 27.5. The van der Waals surface area contributed by atoms with E-state index in [-0.39, 0.29) is 12.0 Å². The molecule has 2 aromatic rings. The molecule has 0 N–H and O–H groups in total. The van der Waals surface area contributed by atoms with Gasteiger partial charge in [0.15, 0.2) is 0 Å². The molecule has 1 aromatic carbocycles. The maximum Gasteiger partial charge on any atom is 0.409 e. The molecule has 1 aliphatic rings. The first-order valence-corrected chi connectivity index (χ1v) is 8.77. The molecule has 1 saturated heterocycles. The van der Waals surface area contributed by atoms with Crippen molar-refractivity contribution in [1.29, 1.82) is 0 Å². The minimum Gasteiger partial charge on any atom is -0.450 e. The molecule has 0 bridgehead atoms. The van der Waals surface area contributed by atoms with E-state index >= 15 is 0 Å². The summed E-state index contributed by atoms with van der Waals surface area (Å²) in [5.41, 5.74) is 0.962. The number of aromatic nitrogens is 2. The average molecular weight is 365 g/mol. The van der Waals surface area contributed by atoms with E-state index in [1.807, 2.05) is 22.9 Å². The standard InChI is InChI=1S/C17H21ClN4O3/c1-2-25-17(24)21-9-7-20(8-10-21)16(23)5-6-22-15-4-3-14(18)11-13(15)12-19-22/h3-4,11-12H,2,5-10H2,1H3. The van der Waals surface area contributed by atoms with Crippen LogP contribution < -0.4 is 0 Å². The number of benzene rings is 1. The largest absolute Gasteiger partial charge is 0.450 e. The number of hydrogen-bond acceptors (Lipinski definition) is 4. The summed E-state index contributed by atoms with van der Waals surface area (Å²) in [5, 5.41) is 5.96. The average Bonchev–Trinajstić information content (AvgIpc) is 3.02. The predicted molar refractivity (Wildman–Crippen MR) is 94.5 cm³/mol. The Labute approximate surface area is 151 Å². The van der Waals surface area contributed by atoms with Crippen LogP contribution in [-0.4, -0.2) is 64.4 Å². The molecule has 3 rings (SSSR count). The molecule has 1 aromatic heterocycles. The minimum absolute atomic E-state index is 0.0705. The zero-order valence-electron chi connectivity index (χ0n) is 14.2. The second-order valence-electron chi connectivity index (χ2n) is 5.89. The van der Waals surface area contributed by atoms with Gasteiger partial charge in [0.25, 0.3) is 0 Å². The van der Waals surface area contributed by atoms with Crippen molar-refractivity contribution in [3.05, 3.63) is 29.4 Å². The Kier molecular flexibility index (Phi) is 5.43. The van der Waals surface area contributed by atoms with Gasteiger partial charge in [-0.05, 0) is 25.1 Å². The molecular formula is C17H21ClN4O3. The van der Waals surface area contributed by atoms with Crippen molar-refractivity contribution < 1.29 is 14.3 Å². The Morgan fingerprint density at radius 3 is 2.64 bits per heavy atom. The van der Waals surface area contributed by atoms with Gasteiger partial charge < -0.3 is 14.5 Å². The number of fused-ring (bicyclic) bond motifs is 1. The van der Waals surface area contributed by atoms with Gasteiger partial charge >= 0.3 is 6.09 Å². The fourth-order valence-electron chi connectivity index (χ4n) is 2.95. The van der Waals surface area contributed by atoms with Gasteiger partial charge in [-0.1, -0.05) is 11.6 Å². The van der Waals surface area contributed by atoms with E-state index in [9.17, 15) is 9.59 Å². The predicted octanol–water partition coefficient (Wildman–Crippen LogP) is 2.38. The topological polar surface area (TPSA) is 67.7 Å². The van der Waals surface area contributed by atoms with Gasteiger partial charge in [-0.3, -0.25) is 9.48 Å². The molecule has 134 valence electrons. The first kappa shape index (κ1) is 17.5. The van der Waals surface area contributed by atoms with Gasteiger partial charge in [0.05, 0.1) is 24.9 Å². The highest BCUT2D eigenvalue weighted by molar-refractivity contribution is 6.31. The van der Waals surface area contributed by atoms with Gasteiger partial charge in [-0.15, -0.1) is 0 Å². The number of carbonyl (C=O) groups is 2. The first-order chi connectivity index (χ1) is 12.1. The van der Waals surface area contributed by atoms with Crippen molar-refractivity contribution in [3.63, 3.8) is 0 Å². The number of rotatable bonds is 4. The number of amides is 2. The fourth-order valence-corrected chi connectivity index (χ4v) is 3.13. The lowest BCUT2D eigenvalue weighted by atomic mass is 10.2. The van der Waals surface area contributed by atoms with Gasteiger partial charge in [-0.2, -0.15) is 5.10 Å². The Morgan fingerprint density at radius 1 is 1.20 bits per heavy atom. The van der Waals surface area contributed by atoms with Gasteiger partial charge in [0.2, 0.25) is 5.91 Å². The quantitative estimate of drug-likeness (QED) is 0.835. The van der Waals surface area contributed by atoms with Crippen LogP contribution in [0.1, 0.15) is 13.3 Å². The molecule has 0 saturated carbocycles. The Balaban J connectivity index is 1.52. The van der Waals surface area contributed by atoms with Crippen molar-refractivity contribution in [1.82, 2.24) is 19.6 Å². The number of carbonyl (C=O) groups excluding carboxylic acids is 2. The zero-order valence-corrected chi connectivity index (χ0v) is 14.9. The van der Waals surface area contributed by atoms with Crippen molar-refractivity contribution in [3.8, 4) is 0 Å². The fraction of sp³-hybridized carbons (Fsp3) is 0.471. The van der Waals surface area contributed by atoms with E-state index in [1.165, 1.54) is 0 Å². The molecule has 1 aliphatic heterocycles. The Bertz CT molecular complexity index is 768. The van der Waals surface area contributed by atoms with Crippen LogP contribution in [0.4, 0.5) is 4.79 Å². The number of ether oxygens (including phenoxy) is 1. The third-order valence-corrected chi connectivity index (χ3v) is 4.53. The number of halogens is 1. The minimum atomic E-state index is -0.309. The van der Waals surface area contributed by atoms with Crippen LogP contribution in [0.25, 0.3) is 10.9 Å². The molecule has 0 radical (unpaired) electrons. The van der Waals surface area contributed by atoms with E-state index < -0.39 is 0 Å². The summed E-state index contributed by atoms with van der Waals surface area (Å²) in [7, 11) is 0. The Morgan fingerprint density at radius 2 is 1.92 bits per heavy atom. The van der Waals surface area contributed by atoms with Crippen molar-refractivity contribution in [2.24, 2.45) is 0 Å². The summed E-state index contributed by atoms with van der Waals surface area (Å²) < 4.78 is 6.80. The van der Waals surface area contributed by atoms with Gasteiger partial charge in [0, 0.05) is 43.0 Å². The summed E-state index contributed by atoms with van der Waals surface area (Å²) in [6, 6.07) is 5.59. The third kappa shape index (κ3) is 4.04. The van der Waals surface area contributed by atoms with Crippen molar-refractivity contribution >= 4 is 34.5 Å². The maximum absolute atomic E-state index is 12.4. The van der Waals surface area contributed by atoms with Gasteiger partial charge in [0.1, 0.15) is 0 Å². The van der Waals surface area contributed by atoms with Crippen LogP contribution in [0.5, 0.6) is 0 Å². The van der Waals surface area contributed by atoms with Crippen LogP contribution in [-0.2, 0) is 16.1 Å². The molecule has 8 heteroatoms. The lowest BCUT2D eigenvalue weighted by Crippen LogP contribution is -2.50. The molecule has 0 unspecified atom stereocenters. The monoisotopic (exact) mass is 364 g/mol. The highest BCUT2D eigenvalue weighted by atomic mass is 35.5. The Hall–Kier alpha value is -2.28. The first-order valence-electron chi connectivity index (χ1n) is 8.39. The second-order valence-corrected chi connectivity index (χ2v) is 6.32. The van der Waals surface area contributed by atoms with Gasteiger partial charge in [-0.25, -0.2) is 4.79 Å². The smallest absolute Gasteiger partial charge is 0.409 e. The molecule has 7 nitrogen and oxygen atoms in total. The van der Waals surface area contributed by atoms with E-state index in [2.05, 4.69) is 5.10 Å². The summed E-state index contributed by atoms with van der Waals surface area (Å²) in [5.74, 6) is 0.0705. The number of aryl methyl sites for hydroxylation is 1. The summed E-state index contributed by atoms with van der Waals surface area (Å²) >= 11 is 5.98. The van der Waals surface area contributed by atoms with Crippen molar-refractivity contribution in [2.75, 3.05) is 32.8 Å². The van der Waals surface area contributed by atoms with E-state index in [1.54, 1.807) is 22.9 Å². The summed E-state index contributed by atoms with van der Waals surface area (Å²) in [6.07, 6.45) is 1.82. The maximum atomic E-state index is 12.4. The highest BCUT2D eigenvalue weighted by Gasteiger charge is 2.24. The molecular weight excluding hydrogens is 344 g/mol. The van der Waals surface area contributed by atoms with E-state index in [0.717, 1.165) is 10.9 Å². The lowest BCUT2D eigenvalue weighted by Gasteiger charge is -2.34. The molecule has 0 atom stereocenters. The number of hydrogen-bond donors (Lipinski definition) is 0. The van der Waals surface area contributed by atoms with E-state index in [4.69, 9.17) is 16.3 Å². The molecule has 2 amide bonds. The van der Waals surface area contributed by atoms with Crippen LogP contribution in [0.15, 0.2) is 24.4 Å². The van der Waals surface area contributed by atoms with Crippen LogP contribution in [0.3, 0.4) is 0 Å². The SMILES string of the molecule is CCOC(=O)N1CCN(C(=O)CCn2ncc3cc(Cl)ccc32)CC1. The number of nitrogens with zero attached hydrogens (tertiary/aromatic N) is 4. The number of piperazine rings is 1. The molecule has 2 heterocycles. The second kappa shape index (κ2) is 7.74. The zero-order chi connectivity index (χ0) is 17.8. The summed E-state index contributed by atoms with van der Waals surface area (Å²) in [6.45, 7) is 4.75.